The number of hydrogen-bond acceptors (Lipinski definition) is 6. The molecule has 0 saturated carbocycles. The SMILES string of the molecule is CN(C(=O)COC(=O)COc1ccc2c(c1)CCC2)C1CCS(=O)(=O)C1. The van der Waals surface area contributed by atoms with E-state index in [-0.39, 0.29) is 24.2 Å². The van der Waals surface area contributed by atoms with Gasteiger partial charge in [0.1, 0.15) is 5.75 Å². The first kappa shape index (κ1) is 18.7. The van der Waals surface area contributed by atoms with Crippen LogP contribution in [0.4, 0.5) is 0 Å². The molecular formula is C18H23NO6S. The Labute approximate surface area is 153 Å². The van der Waals surface area contributed by atoms with Gasteiger partial charge >= 0.3 is 5.97 Å². The van der Waals surface area contributed by atoms with Crippen molar-refractivity contribution in [3.63, 3.8) is 0 Å². The highest BCUT2D eigenvalue weighted by molar-refractivity contribution is 7.91. The molecule has 142 valence electrons. The number of fused-ring (bicyclic) bond motifs is 1. The topological polar surface area (TPSA) is 90.0 Å². The van der Waals surface area contributed by atoms with Crippen LogP contribution in [0.25, 0.3) is 0 Å². The number of amides is 1. The average molecular weight is 381 g/mol. The Morgan fingerprint density at radius 3 is 2.69 bits per heavy atom. The second-order valence-corrected chi connectivity index (χ2v) is 9.02. The van der Waals surface area contributed by atoms with Gasteiger partial charge in [-0.3, -0.25) is 4.79 Å². The van der Waals surface area contributed by atoms with Crippen LogP contribution in [0.2, 0.25) is 0 Å². The minimum absolute atomic E-state index is 0.0371. The average Bonchev–Trinajstić information content (AvgIpc) is 3.22. The molecule has 1 amide bonds. The van der Waals surface area contributed by atoms with Gasteiger partial charge in [0.15, 0.2) is 23.1 Å². The summed E-state index contributed by atoms with van der Waals surface area (Å²) < 4.78 is 33.3. The lowest BCUT2D eigenvalue weighted by molar-refractivity contribution is -0.153. The summed E-state index contributed by atoms with van der Waals surface area (Å²) in [7, 11) is -1.54. The fourth-order valence-electron chi connectivity index (χ4n) is 3.35. The molecule has 0 N–H and O–H groups in total. The van der Waals surface area contributed by atoms with E-state index in [9.17, 15) is 18.0 Å². The summed E-state index contributed by atoms with van der Waals surface area (Å²) in [6, 6.07) is 5.43. The van der Waals surface area contributed by atoms with Gasteiger partial charge in [-0.25, -0.2) is 13.2 Å². The predicted octanol–water partition coefficient (Wildman–Crippen LogP) is 0.743. The summed E-state index contributed by atoms with van der Waals surface area (Å²) in [4.78, 5) is 25.2. The molecule has 1 aromatic carbocycles. The molecule has 0 radical (unpaired) electrons. The smallest absolute Gasteiger partial charge is 0.344 e. The molecule has 1 aliphatic carbocycles. The Morgan fingerprint density at radius 2 is 1.96 bits per heavy atom. The third-order valence-electron chi connectivity index (χ3n) is 4.93. The van der Waals surface area contributed by atoms with E-state index >= 15 is 0 Å². The summed E-state index contributed by atoms with van der Waals surface area (Å²) >= 11 is 0. The van der Waals surface area contributed by atoms with E-state index in [4.69, 9.17) is 9.47 Å². The van der Waals surface area contributed by atoms with Crippen LogP contribution in [-0.4, -0.2) is 63.0 Å². The first-order valence-electron chi connectivity index (χ1n) is 8.70. The number of carbonyl (C=O) groups is 2. The highest BCUT2D eigenvalue weighted by atomic mass is 32.2. The van der Waals surface area contributed by atoms with Crippen LogP contribution < -0.4 is 4.74 Å². The van der Waals surface area contributed by atoms with Crippen LogP contribution in [0.1, 0.15) is 24.0 Å². The quantitative estimate of drug-likeness (QED) is 0.675. The second kappa shape index (κ2) is 7.65. The molecule has 1 aliphatic heterocycles. The number of nitrogens with zero attached hydrogens (tertiary/aromatic N) is 1. The lowest BCUT2D eigenvalue weighted by Gasteiger charge is -2.23. The minimum atomic E-state index is -3.07. The Kier molecular flexibility index (Phi) is 5.50. The molecule has 1 aromatic rings. The standard InChI is InChI=1S/C18H23NO6S/c1-19(15-7-8-26(22,23)12-15)17(20)10-25-18(21)11-24-16-6-5-13-3-2-4-14(13)9-16/h5-6,9,15H,2-4,7-8,10-12H2,1H3. The maximum absolute atomic E-state index is 12.1. The molecule has 0 aromatic heterocycles. The lowest BCUT2D eigenvalue weighted by Crippen LogP contribution is -2.40. The third-order valence-corrected chi connectivity index (χ3v) is 6.68. The van der Waals surface area contributed by atoms with Crippen molar-refractivity contribution in [2.75, 3.05) is 31.8 Å². The van der Waals surface area contributed by atoms with E-state index in [1.165, 1.54) is 23.1 Å². The summed E-state index contributed by atoms with van der Waals surface area (Å²) in [5, 5.41) is 0. The Bertz CT molecular complexity index is 804. The van der Waals surface area contributed by atoms with Crippen molar-refractivity contribution in [2.24, 2.45) is 0 Å². The number of hydrogen-bond donors (Lipinski definition) is 0. The van der Waals surface area contributed by atoms with Crippen molar-refractivity contribution in [1.82, 2.24) is 4.90 Å². The molecule has 8 heteroatoms. The zero-order chi connectivity index (χ0) is 18.7. The van der Waals surface area contributed by atoms with E-state index in [1.807, 2.05) is 18.2 Å². The second-order valence-electron chi connectivity index (χ2n) is 6.79. The van der Waals surface area contributed by atoms with Gasteiger partial charge < -0.3 is 14.4 Å². The number of aryl methyl sites for hydroxylation is 2. The van der Waals surface area contributed by atoms with Crippen LogP contribution in [0.5, 0.6) is 5.75 Å². The Hall–Kier alpha value is -2.09. The van der Waals surface area contributed by atoms with Crippen molar-refractivity contribution in [1.29, 1.82) is 0 Å². The van der Waals surface area contributed by atoms with Gasteiger partial charge in [-0.15, -0.1) is 0 Å². The normalized spacial score (nSPS) is 20.4. The molecule has 1 atom stereocenters. The van der Waals surface area contributed by atoms with Gasteiger partial charge in [0.05, 0.1) is 11.5 Å². The zero-order valence-electron chi connectivity index (χ0n) is 14.8. The number of benzene rings is 1. The summed E-state index contributed by atoms with van der Waals surface area (Å²) in [6.07, 6.45) is 3.66. The summed E-state index contributed by atoms with van der Waals surface area (Å²) in [5.74, 6) is -0.389. The van der Waals surface area contributed by atoms with Crippen molar-refractivity contribution >= 4 is 21.7 Å². The van der Waals surface area contributed by atoms with Gasteiger partial charge in [-0.2, -0.15) is 0 Å². The molecule has 26 heavy (non-hydrogen) atoms. The van der Waals surface area contributed by atoms with Gasteiger partial charge in [-0.1, -0.05) is 6.07 Å². The van der Waals surface area contributed by atoms with Crippen LogP contribution in [-0.2, 0) is 37.0 Å². The van der Waals surface area contributed by atoms with Crippen LogP contribution in [0.15, 0.2) is 18.2 Å². The maximum atomic E-state index is 12.1. The lowest BCUT2D eigenvalue weighted by atomic mass is 10.1. The van der Waals surface area contributed by atoms with Gasteiger partial charge in [0.2, 0.25) is 0 Å². The molecule has 1 heterocycles. The third kappa shape index (κ3) is 4.55. The predicted molar refractivity (Wildman–Crippen MR) is 94.7 cm³/mol. The van der Waals surface area contributed by atoms with Crippen molar-refractivity contribution in [3.05, 3.63) is 29.3 Å². The van der Waals surface area contributed by atoms with Crippen molar-refractivity contribution in [2.45, 2.75) is 31.7 Å². The number of ether oxygens (including phenoxy) is 2. The van der Waals surface area contributed by atoms with Gasteiger partial charge in [-0.05, 0) is 48.9 Å². The van der Waals surface area contributed by atoms with Gasteiger partial charge in [0.25, 0.3) is 5.91 Å². The summed E-state index contributed by atoms with van der Waals surface area (Å²) in [6.45, 7) is -0.687. The molecule has 2 aliphatic rings. The van der Waals surface area contributed by atoms with E-state index < -0.39 is 28.3 Å². The molecule has 7 nitrogen and oxygen atoms in total. The van der Waals surface area contributed by atoms with Crippen LogP contribution in [0, 0.1) is 0 Å². The number of rotatable bonds is 6. The minimum Gasteiger partial charge on any atom is -0.482 e. The molecule has 0 bridgehead atoms. The number of esters is 1. The summed E-state index contributed by atoms with van der Waals surface area (Å²) in [5.41, 5.74) is 2.57. The molecule has 0 spiro atoms. The number of carbonyl (C=O) groups excluding carboxylic acids is 2. The van der Waals surface area contributed by atoms with Crippen molar-refractivity contribution in [3.8, 4) is 5.75 Å². The zero-order valence-corrected chi connectivity index (χ0v) is 15.6. The largest absolute Gasteiger partial charge is 0.482 e. The van der Waals surface area contributed by atoms with E-state index in [2.05, 4.69) is 0 Å². The highest BCUT2D eigenvalue weighted by Gasteiger charge is 2.32. The highest BCUT2D eigenvalue weighted by Crippen LogP contribution is 2.26. The van der Waals surface area contributed by atoms with E-state index in [0.717, 1.165) is 19.3 Å². The Balaban J connectivity index is 1.41. The molecule has 1 saturated heterocycles. The maximum Gasteiger partial charge on any atom is 0.344 e. The first-order valence-corrected chi connectivity index (χ1v) is 10.5. The Morgan fingerprint density at radius 1 is 1.19 bits per heavy atom. The number of sulfone groups is 1. The molecule has 3 rings (SSSR count). The monoisotopic (exact) mass is 381 g/mol. The fourth-order valence-corrected chi connectivity index (χ4v) is 5.12. The fraction of sp³-hybridized carbons (Fsp3) is 0.556. The number of likely N-dealkylation sites (N-methyl/N-ethyl adjacent to an activating group) is 1. The molecule has 1 fully saturated rings. The van der Waals surface area contributed by atoms with Crippen LogP contribution in [0.3, 0.4) is 0 Å². The van der Waals surface area contributed by atoms with Crippen LogP contribution >= 0.6 is 0 Å². The van der Waals surface area contributed by atoms with E-state index in [0.29, 0.717) is 12.2 Å². The molecular weight excluding hydrogens is 358 g/mol. The molecule has 1 unspecified atom stereocenters. The van der Waals surface area contributed by atoms with Gasteiger partial charge in [0, 0.05) is 13.1 Å². The van der Waals surface area contributed by atoms with E-state index in [1.54, 1.807) is 0 Å². The first-order chi connectivity index (χ1) is 12.3. The van der Waals surface area contributed by atoms with Crippen molar-refractivity contribution < 1.29 is 27.5 Å².